The van der Waals surface area contributed by atoms with E-state index in [1.165, 1.54) is 0 Å². The zero-order chi connectivity index (χ0) is 8.93. The van der Waals surface area contributed by atoms with E-state index < -0.39 is 0 Å². The van der Waals surface area contributed by atoms with Gasteiger partial charge in [-0.2, -0.15) is 0 Å². The lowest BCUT2D eigenvalue weighted by Crippen LogP contribution is -2.34. The Morgan fingerprint density at radius 2 is 1.92 bits per heavy atom. The molecule has 1 aliphatic carbocycles. The number of aliphatic hydroxyl groups is 1. The average Bonchev–Trinajstić information content (AvgIpc) is 2.63. The fourth-order valence-electron chi connectivity index (χ4n) is 2.19. The second-order valence-corrected chi connectivity index (χ2v) is 5.24. The van der Waals surface area contributed by atoms with Gasteiger partial charge < -0.3 is 9.84 Å². The standard InChI is InChI=1S/C10H18O2/c1-10(2,3)6-4-7(11)9-8(5-6)12-9/h6-9,11H,4-5H2,1-3H3/t6-,7+,8?,9+/m0/s1. The monoisotopic (exact) mass is 170 g/mol. The van der Waals surface area contributed by atoms with Crippen molar-refractivity contribution in [3.05, 3.63) is 0 Å². The summed E-state index contributed by atoms with van der Waals surface area (Å²) < 4.78 is 5.37. The van der Waals surface area contributed by atoms with Gasteiger partial charge in [-0.3, -0.25) is 0 Å². The quantitative estimate of drug-likeness (QED) is 0.560. The summed E-state index contributed by atoms with van der Waals surface area (Å²) in [6, 6.07) is 0. The molecule has 2 rings (SSSR count). The Bertz CT molecular complexity index is 183. The summed E-state index contributed by atoms with van der Waals surface area (Å²) in [5.41, 5.74) is 0.317. The van der Waals surface area contributed by atoms with Crippen LogP contribution in [0.3, 0.4) is 0 Å². The summed E-state index contributed by atoms with van der Waals surface area (Å²) in [6.07, 6.45) is 2.42. The summed E-state index contributed by atoms with van der Waals surface area (Å²) in [6.45, 7) is 6.73. The lowest BCUT2D eigenvalue weighted by Gasteiger charge is -2.34. The molecule has 1 saturated carbocycles. The van der Waals surface area contributed by atoms with E-state index >= 15 is 0 Å². The van der Waals surface area contributed by atoms with Crippen LogP contribution in [0, 0.1) is 11.3 Å². The minimum atomic E-state index is -0.201. The van der Waals surface area contributed by atoms with Crippen LogP contribution in [-0.4, -0.2) is 23.4 Å². The van der Waals surface area contributed by atoms with Crippen molar-refractivity contribution in [1.29, 1.82) is 0 Å². The molecule has 1 aliphatic heterocycles. The highest BCUT2D eigenvalue weighted by Gasteiger charge is 2.51. The molecule has 0 aromatic carbocycles. The Labute approximate surface area is 73.9 Å². The molecular weight excluding hydrogens is 152 g/mol. The zero-order valence-corrected chi connectivity index (χ0v) is 8.08. The molecule has 1 saturated heterocycles. The molecule has 70 valence electrons. The van der Waals surface area contributed by atoms with Crippen LogP contribution in [0.15, 0.2) is 0 Å². The Kier molecular flexibility index (Phi) is 1.74. The van der Waals surface area contributed by atoms with Crippen molar-refractivity contribution >= 4 is 0 Å². The number of rotatable bonds is 0. The van der Waals surface area contributed by atoms with Crippen molar-refractivity contribution in [3.8, 4) is 0 Å². The van der Waals surface area contributed by atoms with Gasteiger partial charge in [0, 0.05) is 0 Å². The van der Waals surface area contributed by atoms with Gasteiger partial charge in [0.2, 0.25) is 0 Å². The Morgan fingerprint density at radius 3 is 2.42 bits per heavy atom. The van der Waals surface area contributed by atoms with Gasteiger partial charge in [-0.05, 0) is 24.2 Å². The van der Waals surface area contributed by atoms with Gasteiger partial charge in [-0.15, -0.1) is 0 Å². The maximum absolute atomic E-state index is 9.63. The van der Waals surface area contributed by atoms with Crippen molar-refractivity contribution in [2.45, 2.75) is 51.9 Å². The predicted molar refractivity (Wildman–Crippen MR) is 46.8 cm³/mol. The number of fused-ring (bicyclic) bond motifs is 1. The van der Waals surface area contributed by atoms with Crippen LogP contribution in [0.2, 0.25) is 0 Å². The zero-order valence-electron chi connectivity index (χ0n) is 8.08. The minimum absolute atomic E-state index is 0.184. The molecule has 0 aromatic heterocycles. The highest BCUT2D eigenvalue weighted by Crippen LogP contribution is 2.45. The molecular formula is C10H18O2. The Morgan fingerprint density at radius 1 is 1.25 bits per heavy atom. The third-order valence-corrected chi connectivity index (χ3v) is 3.27. The molecule has 1 heterocycles. The van der Waals surface area contributed by atoms with Crippen LogP contribution in [0.4, 0.5) is 0 Å². The van der Waals surface area contributed by atoms with Crippen molar-refractivity contribution in [2.24, 2.45) is 11.3 Å². The molecule has 1 unspecified atom stereocenters. The van der Waals surface area contributed by atoms with Gasteiger partial charge in [0.15, 0.2) is 0 Å². The number of aliphatic hydroxyl groups excluding tert-OH is 1. The molecule has 2 nitrogen and oxygen atoms in total. The number of epoxide rings is 1. The summed E-state index contributed by atoms with van der Waals surface area (Å²) >= 11 is 0. The molecule has 4 atom stereocenters. The van der Waals surface area contributed by atoms with E-state index in [9.17, 15) is 5.11 Å². The number of hydrogen-bond donors (Lipinski definition) is 1. The SMILES string of the molecule is CC(C)(C)[C@@H]1CC2O[C@@H]2[C@H](O)C1. The Balaban J connectivity index is 2.01. The molecule has 0 spiro atoms. The molecule has 0 aromatic rings. The topological polar surface area (TPSA) is 32.8 Å². The number of hydrogen-bond acceptors (Lipinski definition) is 2. The summed E-state index contributed by atoms with van der Waals surface area (Å²) in [5.74, 6) is 0.622. The highest BCUT2D eigenvalue weighted by atomic mass is 16.6. The highest BCUT2D eigenvalue weighted by molar-refractivity contribution is 4.99. The van der Waals surface area contributed by atoms with Gasteiger partial charge in [0.1, 0.15) is 6.10 Å². The van der Waals surface area contributed by atoms with Crippen LogP contribution >= 0.6 is 0 Å². The molecule has 12 heavy (non-hydrogen) atoms. The minimum Gasteiger partial charge on any atom is -0.390 e. The van der Waals surface area contributed by atoms with E-state index in [0.717, 1.165) is 12.8 Å². The summed E-state index contributed by atoms with van der Waals surface area (Å²) in [5, 5.41) is 9.63. The normalized spacial score (nSPS) is 47.0. The van der Waals surface area contributed by atoms with Crippen molar-refractivity contribution < 1.29 is 9.84 Å². The molecule has 1 N–H and O–H groups in total. The average molecular weight is 170 g/mol. The van der Waals surface area contributed by atoms with E-state index in [1.54, 1.807) is 0 Å². The lowest BCUT2D eigenvalue weighted by atomic mass is 9.72. The maximum Gasteiger partial charge on any atom is 0.110 e. The van der Waals surface area contributed by atoms with Crippen LogP contribution in [-0.2, 0) is 4.74 Å². The van der Waals surface area contributed by atoms with Gasteiger partial charge in [0.25, 0.3) is 0 Å². The van der Waals surface area contributed by atoms with E-state index in [4.69, 9.17) is 4.74 Å². The fourth-order valence-corrected chi connectivity index (χ4v) is 2.19. The van der Waals surface area contributed by atoms with Crippen LogP contribution < -0.4 is 0 Å². The fraction of sp³-hybridized carbons (Fsp3) is 1.00. The molecule has 0 bridgehead atoms. The van der Waals surface area contributed by atoms with Crippen LogP contribution in [0.25, 0.3) is 0 Å². The van der Waals surface area contributed by atoms with E-state index in [-0.39, 0.29) is 12.2 Å². The first-order valence-corrected chi connectivity index (χ1v) is 4.82. The predicted octanol–water partition coefficient (Wildman–Crippen LogP) is 1.57. The third-order valence-electron chi connectivity index (χ3n) is 3.27. The summed E-state index contributed by atoms with van der Waals surface area (Å²) in [4.78, 5) is 0. The largest absolute Gasteiger partial charge is 0.390 e. The van der Waals surface area contributed by atoms with E-state index in [1.807, 2.05) is 0 Å². The molecule has 2 fully saturated rings. The van der Waals surface area contributed by atoms with Gasteiger partial charge in [-0.25, -0.2) is 0 Å². The third kappa shape index (κ3) is 1.38. The maximum atomic E-state index is 9.63. The Hall–Kier alpha value is -0.0800. The van der Waals surface area contributed by atoms with Crippen LogP contribution in [0.1, 0.15) is 33.6 Å². The smallest absolute Gasteiger partial charge is 0.110 e. The first-order valence-electron chi connectivity index (χ1n) is 4.82. The van der Waals surface area contributed by atoms with E-state index in [2.05, 4.69) is 20.8 Å². The summed E-state index contributed by atoms with van der Waals surface area (Å²) in [7, 11) is 0. The second kappa shape index (κ2) is 2.46. The second-order valence-electron chi connectivity index (χ2n) is 5.24. The first-order chi connectivity index (χ1) is 5.48. The molecule has 0 radical (unpaired) electrons. The van der Waals surface area contributed by atoms with Crippen molar-refractivity contribution in [1.82, 2.24) is 0 Å². The van der Waals surface area contributed by atoms with Crippen molar-refractivity contribution in [2.75, 3.05) is 0 Å². The first kappa shape index (κ1) is 8.52. The lowest BCUT2D eigenvalue weighted by molar-refractivity contribution is 0.0707. The van der Waals surface area contributed by atoms with Gasteiger partial charge in [0.05, 0.1) is 12.2 Å². The number of ether oxygens (including phenoxy) is 1. The molecule has 0 amide bonds. The molecule has 2 aliphatic rings. The van der Waals surface area contributed by atoms with Gasteiger partial charge in [-0.1, -0.05) is 20.8 Å². The van der Waals surface area contributed by atoms with Crippen LogP contribution in [0.5, 0.6) is 0 Å². The molecule has 2 heteroatoms. The van der Waals surface area contributed by atoms with Crippen molar-refractivity contribution in [3.63, 3.8) is 0 Å². The van der Waals surface area contributed by atoms with E-state index in [0.29, 0.717) is 17.4 Å². The van der Waals surface area contributed by atoms with Gasteiger partial charge >= 0.3 is 0 Å².